The van der Waals surface area contributed by atoms with Gasteiger partial charge in [0.15, 0.2) is 0 Å². The minimum atomic E-state index is -0.156. The van der Waals surface area contributed by atoms with Crippen molar-refractivity contribution in [3.8, 4) is 17.5 Å². The van der Waals surface area contributed by atoms with Crippen LogP contribution >= 0.6 is 0 Å². The number of nitrogens with one attached hydrogen (secondary N) is 1. The third kappa shape index (κ3) is 5.57. The third-order valence-electron chi connectivity index (χ3n) is 7.64. The molecule has 0 atom stereocenters. The van der Waals surface area contributed by atoms with E-state index in [0.29, 0.717) is 17.3 Å². The minimum absolute atomic E-state index is 0.0604. The van der Waals surface area contributed by atoms with E-state index in [2.05, 4.69) is 21.2 Å². The van der Waals surface area contributed by atoms with Gasteiger partial charge in [0, 0.05) is 30.4 Å². The number of methoxy groups -OCH3 is 1. The molecular formula is C28H37N5O3. The number of amides is 2. The number of nitriles is 1. The van der Waals surface area contributed by atoms with Gasteiger partial charge in [-0.15, -0.1) is 0 Å². The number of hydrogen-bond acceptors (Lipinski definition) is 5. The fraction of sp³-hybridized carbons (Fsp3) is 0.536. The quantitative estimate of drug-likeness (QED) is 0.659. The zero-order valence-electron chi connectivity index (χ0n) is 21.7. The number of rotatable bonds is 6. The molecule has 2 aliphatic rings. The lowest BCUT2D eigenvalue weighted by Gasteiger charge is -2.33. The molecule has 2 fully saturated rings. The van der Waals surface area contributed by atoms with E-state index in [9.17, 15) is 14.9 Å². The molecule has 36 heavy (non-hydrogen) atoms. The number of aromatic nitrogens is 1. The van der Waals surface area contributed by atoms with Crippen LogP contribution in [0.2, 0.25) is 0 Å². The van der Waals surface area contributed by atoms with E-state index >= 15 is 0 Å². The van der Waals surface area contributed by atoms with E-state index in [1.807, 2.05) is 42.7 Å². The van der Waals surface area contributed by atoms with E-state index in [1.54, 1.807) is 7.11 Å². The van der Waals surface area contributed by atoms with Crippen molar-refractivity contribution in [1.82, 2.24) is 14.4 Å². The summed E-state index contributed by atoms with van der Waals surface area (Å²) < 4.78 is 7.18. The van der Waals surface area contributed by atoms with Gasteiger partial charge in [-0.3, -0.25) is 19.1 Å². The van der Waals surface area contributed by atoms with Crippen LogP contribution in [0.3, 0.4) is 0 Å². The lowest BCUT2D eigenvalue weighted by Crippen LogP contribution is -2.44. The van der Waals surface area contributed by atoms with E-state index < -0.39 is 0 Å². The molecule has 0 unspecified atom stereocenters. The second-order valence-electron chi connectivity index (χ2n) is 9.92. The zero-order chi connectivity index (χ0) is 25.7. The van der Waals surface area contributed by atoms with Crippen molar-refractivity contribution in [1.29, 1.82) is 5.26 Å². The molecule has 4 rings (SSSR count). The first-order valence-corrected chi connectivity index (χ1v) is 13.0. The number of piperidine rings is 1. The smallest absolute Gasteiger partial charge is 0.239 e. The van der Waals surface area contributed by atoms with Crippen molar-refractivity contribution in [2.45, 2.75) is 52.4 Å². The van der Waals surface area contributed by atoms with Crippen molar-refractivity contribution in [3.63, 3.8) is 0 Å². The minimum Gasteiger partial charge on any atom is -0.497 e. The summed E-state index contributed by atoms with van der Waals surface area (Å²) in [6, 6.07) is 9.81. The standard InChI is InChI=1S/C28H37N5O3/c1-20-21(2)33(23-8-10-24(36-3)11-9-23)27(25(20)18-29)30-26(34)19-31-16-12-22(13-17-31)28(35)32-14-6-4-5-7-15-32/h8-11,22H,4-7,12-17,19H2,1-3H3,(H,30,34). The molecule has 2 aromatic rings. The summed E-state index contributed by atoms with van der Waals surface area (Å²) in [7, 11) is 1.62. The molecule has 8 nitrogen and oxygen atoms in total. The van der Waals surface area contributed by atoms with E-state index in [0.717, 1.165) is 74.6 Å². The van der Waals surface area contributed by atoms with Crippen LogP contribution in [-0.4, -0.2) is 66.0 Å². The molecule has 0 saturated carbocycles. The number of carbonyl (C=O) groups excluding carboxylic acids is 2. The summed E-state index contributed by atoms with van der Waals surface area (Å²) in [6.07, 6.45) is 6.20. The summed E-state index contributed by atoms with van der Waals surface area (Å²) in [6.45, 7) is 7.30. The highest BCUT2D eigenvalue weighted by Crippen LogP contribution is 2.31. The maximum absolute atomic E-state index is 13.1. The molecule has 1 aromatic carbocycles. The Hall–Kier alpha value is -3.31. The summed E-state index contributed by atoms with van der Waals surface area (Å²) >= 11 is 0. The summed E-state index contributed by atoms with van der Waals surface area (Å²) in [4.78, 5) is 30.2. The van der Waals surface area contributed by atoms with Crippen LogP contribution in [0.4, 0.5) is 5.82 Å². The Labute approximate surface area is 213 Å². The zero-order valence-corrected chi connectivity index (χ0v) is 21.7. The Morgan fingerprint density at radius 2 is 1.67 bits per heavy atom. The lowest BCUT2D eigenvalue weighted by molar-refractivity contribution is -0.137. The predicted octanol–water partition coefficient (Wildman–Crippen LogP) is 4.03. The molecule has 1 N–H and O–H groups in total. The first-order chi connectivity index (χ1) is 17.4. The topological polar surface area (TPSA) is 90.6 Å². The maximum Gasteiger partial charge on any atom is 0.239 e. The summed E-state index contributed by atoms with van der Waals surface area (Å²) in [5.74, 6) is 1.43. The average molecular weight is 492 g/mol. The molecule has 1 aromatic heterocycles. The summed E-state index contributed by atoms with van der Waals surface area (Å²) in [5.41, 5.74) is 3.07. The van der Waals surface area contributed by atoms with Crippen LogP contribution in [0.1, 0.15) is 55.3 Å². The van der Waals surface area contributed by atoms with Crippen LogP contribution in [0.5, 0.6) is 5.75 Å². The van der Waals surface area contributed by atoms with E-state index in [1.165, 1.54) is 12.8 Å². The van der Waals surface area contributed by atoms with Gasteiger partial charge in [0.25, 0.3) is 0 Å². The predicted molar refractivity (Wildman–Crippen MR) is 139 cm³/mol. The van der Waals surface area contributed by atoms with E-state index in [4.69, 9.17) is 4.74 Å². The van der Waals surface area contributed by atoms with Crippen LogP contribution in [0.15, 0.2) is 24.3 Å². The fourth-order valence-corrected chi connectivity index (χ4v) is 5.38. The highest BCUT2D eigenvalue weighted by molar-refractivity contribution is 5.93. The van der Waals surface area contributed by atoms with Gasteiger partial charge in [0.05, 0.1) is 19.2 Å². The van der Waals surface area contributed by atoms with Gasteiger partial charge >= 0.3 is 0 Å². The second kappa shape index (κ2) is 11.6. The Kier molecular flexibility index (Phi) is 8.32. The van der Waals surface area contributed by atoms with Gasteiger partial charge in [-0.25, -0.2) is 0 Å². The van der Waals surface area contributed by atoms with Crippen molar-refractivity contribution in [2.24, 2.45) is 5.92 Å². The number of nitrogens with zero attached hydrogens (tertiary/aromatic N) is 4. The van der Waals surface area contributed by atoms with Crippen LogP contribution < -0.4 is 10.1 Å². The Morgan fingerprint density at radius 3 is 2.25 bits per heavy atom. The summed E-state index contributed by atoms with van der Waals surface area (Å²) in [5, 5.41) is 12.8. The monoisotopic (exact) mass is 491 g/mol. The number of benzene rings is 1. The van der Waals surface area contributed by atoms with Gasteiger partial charge in [0.2, 0.25) is 11.8 Å². The highest BCUT2D eigenvalue weighted by atomic mass is 16.5. The Balaban J connectivity index is 1.40. The third-order valence-corrected chi connectivity index (χ3v) is 7.64. The maximum atomic E-state index is 13.1. The average Bonchev–Trinajstić information content (AvgIpc) is 3.07. The number of ether oxygens (including phenoxy) is 1. The van der Waals surface area contributed by atoms with E-state index in [-0.39, 0.29) is 18.4 Å². The molecule has 192 valence electrons. The number of likely N-dealkylation sites (tertiary alicyclic amines) is 2. The van der Waals surface area contributed by atoms with Crippen molar-refractivity contribution >= 4 is 17.6 Å². The largest absolute Gasteiger partial charge is 0.497 e. The van der Waals surface area contributed by atoms with Crippen LogP contribution in [0, 0.1) is 31.1 Å². The molecular weight excluding hydrogens is 454 g/mol. The van der Waals surface area contributed by atoms with Gasteiger partial charge in [-0.05, 0) is 82.4 Å². The molecule has 0 aliphatic carbocycles. The molecule has 0 spiro atoms. The molecule has 0 radical (unpaired) electrons. The number of hydrogen-bond donors (Lipinski definition) is 1. The first kappa shape index (κ1) is 25.8. The molecule has 3 heterocycles. The van der Waals surface area contributed by atoms with Crippen molar-refractivity contribution < 1.29 is 14.3 Å². The Bertz CT molecular complexity index is 1120. The van der Waals surface area contributed by atoms with Gasteiger partial charge in [-0.2, -0.15) is 5.26 Å². The number of anilines is 1. The SMILES string of the molecule is COc1ccc(-n2c(C)c(C)c(C#N)c2NC(=O)CN2CCC(C(=O)N3CCCCCC3)CC2)cc1. The van der Waals surface area contributed by atoms with Crippen LogP contribution in [-0.2, 0) is 9.59 Å². The number of carbonyl (C=O) groups is 2. The molecule has 2 aliphatic heterocycles. The fourth-order valence-electron chi connectivity index (χ4n) is 5.38. The molecule has 8 heteroatoms. The van der Waals surface area contributed by atoms with Crippen molar-refractivity contribution in [2.75, 3.05) is 45.2 Å². The molecule has 2 saturated heterocycles. The molecule has 0 bridgehead atoms. The first-order valence-electron chi connectivity index (χ1n) is 13.0. The van der Waals surface area contributed by atoms with Gasteiger partial charge in [-0.1, -0.05) is 12.8 Å². The normalized spacial score (nSPS) is 17.3. The molecule has 2 amide bonds. The highest BCUT2D eigenvalue weighted by Gasteiger charge is 2.30. The van der Waals surface area contributed by atoms with Crippen molar-refractivity contribution in [3.05, 3.63) is 41.1 Å². The lowest BCUT2D eigenvalue weighted by atomic mass is 9.95. The second-order valence-corrected chi connectivity index (χ2v) is 9.92. The van der Waals surface area contributed by atoms with Gasteiger partial charge < -0.3 is 15.0 Å². The van der Waals surface area contributed by atoms with Crippen LogP contribution in [0.25, 0.3) is 5.69 Å². The Morgan fingerprint density at radius 1 is 1.03 bits per heavy atom. The van der Waals surface area contributed by atoms with Gasteiger partial charge in [0.1, 0.15) is 17.6 Å².